The number of hydrogen-bond donors (Lipinski definition) is 1. The second-order valence-corrected chi connectivity index (χ2v) is 7.56. The van der Waals surface area contributed by atoms with E-state index >= 15 is 0 Å². The summed E-state index contributed by atoms with van der Waals surface area (Å²) in [4.78, 5) is 12.9. The van der Waals surface area contributed by atoms with Gasteiger partial charge in [0, 0.05) is 21.4 Å². The minimum absolute atomic E-state index is 0.0468. The van der Waals surface area contributed by atoms with Gasteiger partial charge in [0.1, 0.15) is 28.7 Å². The Morgan fingerprint density at radius 3 is 2.35 bits per heavy atom. The van der Waals surface area contributed by atoms with Crippen LogP contribution < -0.4 is 14.8 Å². The van der Waals surface area contributed by atoms with Crippen LogP contribution in [-0.2, 0) is 11.2 Å². The van der Waals surface area contributed by atoms with E-state index in [1.807, 2.05) is 43.3 Å². The predicted molar refractivity (Wildman–Crippen MR) is 123 cm³/mol. The highest BCUT2D eigenvalue weighted by molar-refractivity contribution is 6.31. The highest BCUT2D eigenvalue weighted by Crippen LogP contribution is 2.38. The molecule has 0 aliphatic heterocycles. The molecule has 1 amide bonds. The molecular weight excluding hydrogens is 414 g/mol. The highest BCUT2D eigenvalue weighted by Gasteiger charge is 2.20. The molecular formula is C25H22ClNO4. The number of rotatable bonds is 6. The molecule has 0 radical (unpaired) electrons. The van der Waals surface area contributed by atoms with Crippen LogP contribution in [-0.4, -0.2) is 20.1 Å². The van der Waals surface area contributed by atoms with Gasteiger partial charge in [-0.2, -0.15) is 0 Å². The zero-order chi connectivity index (χ0) is 22.0. The van der Waals surface area contributed by atoms with Crippen molar-refractivity contribution < 1.29 is 18.7 Å². The third-order valence-corrected chi connectivity index (χ3v) is 5.39. The molecule has 3 aromatic carbocycles. The Balaban J connectivity index is 1.72. The Bertz CT molecular complexity index is 1240. The van der Waals surface area contributed by atoms with Gasteiger partial charge in [-0.25, -0.2) is 0 Å². The minimum atomic E-state index is -0.246. The van der Waals surface area contributed by atoms with Crippen molar-refractivity contribution in [2.45, 2.75) is 13.3 Å². The maximum absolute atomic E-state index is 12.9. The van der Waals surface area contributed by atoms with Crippen LogP contribution in [0.1, 0.15) is 11.3 Å². The van der Waals surface area contributed by atoms with Crippen LogP contribution >= 0.6 is 11.6 Å². The fourth-order valence-corrected chi connectivity index (χ4v) is 3.82. The topological polar surface area (TPSA) is 60.7 Å². The number of methoxy groups -OCH3 is 2. The lowest BCUT2D eigenvalue weighted by molar-refractivity contribution is -0.115. The van der Waals surface area contributed by atoms with E-state index in [-0.39, 0.29) is 12.3 Å². The summed E-state index contributed by atoms with van der Waals surface area (Å²) in [5.41, 5.74) is 2.52. The first-order valence-corrected chi connectivity index (χ1v) is 10.2. The molecule has 6 heteroatoms. The molecule has 1 N–H and O–H groups in total. The number of para-hydroxylation sites is 1. The maximum atomic E-state index is 12.9. The number of nitrogens with one attached hydrogen (secondary N) is 1. The van der Waals surface area contributed by atoms with Crippen molar-refractivity contribution in [2.75, 3.05) is 19.5 Å². The molecule has 158 valence electrons. The van der Waals surface area contributed by atoms with Gasteiger partial charge in [-0.3, -0.25) is 4.79 Å². The molecule has 31 heavy (non-hydrogen) atoms. The number of hydrogen-bond acceptors (Lipinski definition) is 4. The predicted octanol–water partition coefficient (Wildman–Crippen LogP) is 6.26. The summed E-state index contributed by atoms with van der Waals surface area (Å²) in [5, 5.41) is 5.23. The second-order valence-electron chi connectivity index (χ2n) is 7.12. The molecule has 4 rings (SSSR count). The molecule has 0 atom stereocenters. The number of amides is 1. The van der Waals surface area contributed by atoms with Gasteiger partial charge in [0.15, 0.2) is 0 Å². The lowest BCUT2D eigenvalue weighted by Gasteiger charge is -2.13. The monoisotopic (exact) mass is 435 g/mol. The number of carbonyl (C=O) groups excluding carboxylic acids is 1. The molecule has 0 saturated carbocycles. The summed E-state index contributed by atoms with van der Waals surface area (Å²) in [5.74, 6) is 2.06. The molecule has 0 spiro atoms. The first-order valence-electron chi connectivity index (χ1n) is 9.79. The van der Waals surface area contributed by atoms with Crippen molar-refractivity contribution in [3.63, 3.8) is 0 Å². The van der Waals surface area contributed by atoms with Crippen LogP contribution in [0, 0.1) is 6.92 Å². The summed E-state index contributed by atoms with van der Waals surface area (Å²) < 4.78 is 17.0. The summed E-state index contributed by atoms with van der Waals surface area (Å²) in [6.45, 7) is 2.02. The summed E-state index contributed by atoms with van der Waals surface area (Å²) in [6.07, 6.45) is 0.0468. The first-order chi connectivity index (χ1) is 15.0. The zero-order valence-corrected chi connectivity index (χ0v) is 18.2. The molecule has 1 heterocycles. The van der Waals surface area contributed by atoms with E-state index in [4.69, 9.17) is 25.5 Å². The molecule has 0 aliphatic carbocycles. The van der Waals surface area contributed by atoms with Gasteiger partial charge >= 0.3 is 0 Å². The first kappa shape index (κ1) is 20.8. The average molecular weight is 436 g/mol. The Labute approximate surface area is 185 Å². The van der Waals surface area contributed by atoms with Gasteiger partial charge in [-0.1, -0.05) is 41.9 Å². The van der Waals surface area contributed by atoms with Gasteiger partial charge in [-0.05, 0) is 42.8 Å². The molecule has 5 nitrogen and oxygen atoms in total. The van der Waals surface area contributed by atoms with E-state index in [9.17, 15) is 4.79 Å². The molecule has 0 bridgehead atoms. The normalized spacial score (nSPS) is 10.8. The van der Waals surface area contributed by atoms with Crippen LogP contribution in [0.2, 0.25) is 5.02 Å². The van der Waals surface area contributed by atoms with Crippen molar-refractivity contribution in [2.24, 2.45) is 0 Å². The third kappa shape index (κ3) is 4.09. The second kappa shape index (κ2) is 8.74. The van der Waals surface area contributed by atoms with Crippen molar-refractivity contribution in [3.05, 3.63) is 77.0 Å². The number of furan rings is 1. The van der Waals surface area contributed by atoms with E-state index in [0.29, 0.717) is 33.7 Å². The van der Waals surface area contributed by atoms with Gasteiger partial charge in [0.25, 0.3) is 0 Å². The zero-order valence-electron chi connectivity index (χ0n) is 17.5. The molecule has 0 saturated heterocycles. The average Bonchev–Trinajstić information content (AvgIpc) is 3.11. The van der Waals surface area contributed by atoms with E-state index in [0.717, 1.165) is 21.9 Å². The maximum Gasteiger partial charge on any atom is 0.232 e. The van der Waals surface area contributed by atoms with Crippen LogP contribution in [0.3, 0.4) is 0 Å². The Kier molecular flexibility index (Phi) is 5.87. The van der Waals surface area contributed by atoms with Gasteiger partial charge in [0.2, 0.25) is 5.91 Å². The number of carbonyl (C=O) groups is 1. The fraction of sp³-hybridized carbons (Fsp3) is 0.160. The smallest absolute Gasteiger partial charge is 0.232 e. The quantitative estimate of drug-likeness (QED) is 0.388. The van der Waals surface area contributed by atoms with E-state index in [1.165, 1.54) is 0 Å². The summed E-state index contributed by atoms with van der Waals surface area (Å²) in [7, 11) is 3.09. The highest BCUT2D eigenvalue weighted by atomic mass is 35.5. The van der Waals surface area contributed by atoms with Crippen molar-refractivity contribution in [1.82, 2.24) is 0 Å². The molecule has 0 aliphatic rings. The van der Waals surface area contributed by atoms with Gasteiger partial charge in [0.05, 0.1) is 20.6 Å². The van der Waals surface area contributed by atoms with Crippen LogP contribution in [0.15, 0.2) is 65.1 Å². The van der Waals surface area contributed by atoms with Crippen molar-refractivity contribution in [3.8, 4) is 22.8 Å². The number of halogens is 1. The van der Waals surface area contributed by atoms with Crippen molar-refractivity contribution in [1.29, 1.82) is 0 Å². The number of fused-ring (bicyclic) bond motifs is 1. The standard InChI is InChI=1S/C25H22ClNO4/c1-15-7-4-5-8-17(15)25-19-13-16(26)11-12-18(19)22(31-25)14-23(28)27-24-20(29-2)9-6-10-21(24)30-3/h4-13H,14H2,1-3H3,(H,27,28). The molecule has 0 fully saturated rings. The molecule has 1 aromatic heterocycles. The molecule has 0 unspecified atom stereocenters. The Morgan fingerprint density at radius 2 is 1.68 bits per heavy atom. The SMILES string of the molecule is COc1cccc(OC)c1NC(=O)Cc1oc(-c2ccccc2C)c2cc(Cl)ccc12. The number of anilines is 1. The summed E-state index contributed by atoms with van der Waals surface area (Å²) >= 11 is 6.26. The summed E-state index contributed by atoms with van der Waals surface area (Å²) in [6, 6.07) is 18.8. The minimum Gasteiger partial charge on any atom is -0.494 e. The fourth-order valence-electron chi connectivity index (χ4n) is 3.64. The van der Waals surface area contributed by atoms with Crippen LogP contribution in [0.4, 0.5) is 5.69 Å². The van der Waals surface area contributed by atoms with Crippen LogP contribution in [0.5, 0.6) is 11.5 Å². The molecule has 4 aromatic rings. The number of aryl methyl sites for hydroxylation is 1. The van der Waals surface area contributed by atoms with Gasteiger partial charge < -0.3 is 19.2 Å². The largest absolute Gasteiger partial charge is 0.494 e. The van der Waals surface area contributed by atoms with E-state index in [2.05, 4.69) is 5.32 Å². The van der Waals surface area contributed by atoms with Crippen LogP contribution in [0.25, 0.3) is 22.1 Å². The Morgan fingerprint density at radius 1 is 0.968 bits per heavy atom. The Hall–Kier alpha value is -3.44. The third-order valence-electron chi connectivity index (χ3n) is 5.15. The lowest BCUT2D eigenvalue weighted by Crippen LogP contribution is -2.15. The van der Waals surface area contributed by atoms with Crippen molar-refractivity contribution >= 4 is 34.0 Å². The van der Waals surface area contributed by atoms with E-state index < -0.39 is 0 Å². The van der Waals surface area contributed by atoms with E-state index in [1.54, 1.807) is 38.5 Å². The number of benzene rings is 3. The lowest BCUT2D eigenvalue weighted by atomic mass is 10.0. The van der Waals surface area contributed by atoms with Gasteiger partial charge in [-0.15, -0.1) is 0 Å². The number of ether oxygens (including phenoxy) is 2.